The normalized spacial score (nSPS) is 10.3. The van der Waals surface area contributed by atoms with Crippen LogP contribution in [0.5, 0.6) is 0 Å². The first kappa shape index (κ1) is 12.4. The highest BCUT2D eigenvalue weighted by molar-refractivity contribution is 7.99. The van der Waals surface area contributed by atoms with E-state index in [1.807, 2.05) is 0 Å². The summed E-state index contributed by atoms with van der Waals surface area (Å²) in [6, 6.07) is 0. The molecule has 0 aliphatic carbocycles. The van der Waals surface area contributed by atoms with E-state index in [1.54, 1.807) is 6.92 Å². The molecule has 0 amide bonds. The molecule has 0 saturated heterocycles. The number of hydrogen-bond acceptors (Lipinski definition) is 5. The van der Waals surface area contributed by atoms with E-state index in [0.29, 0.717) is 34.9 Å². The van der Waals surface area contributed by atoms with E-state index < -0.39 is 0 Å². The standard InChI is InChI=1S/C9H11ClN2O2S/c1-6-11-8(10)7(5-14)9(12-6)15-4-2-3-13/h5,13H,2-4H2,1H3. The maximum atomic E-state index is 10.8. The fourth-order valence-corrected chi connectivity index (χ4v) is 2.24. The van der Waals surface area contributed by atoms with Gasteiger partial charge in [0.05, 0.1) is 5.56 Å². The van der Waals surface area contributed by atoms with Crippen LogP contribution in [0.2, 0.25) is 5.15 Å². The highest BCUT2D eigenvalue weighted by Gasteiger charge is 2.10. The summed E-state index contributed by atoms with van der Waals surface area (Å²) in [6.45, 7) is 1.85. The minimum atomic E-state index is 0.126. The summed E-state index contributed by atoms with van der Waals surface area (Å²) in [5, 5.41) is 9.40. The largest absolute Gasteiger partial charge is 0.396 e. The van der Waals surface area contributed by atoms with Crippen molar-refractivity contribution in [3.63, 3.8) is 0 Å². The molecule has 6 heteroatoms. The van der Waals surface area contributed by atoms with Crippen molar-refractivity contribution in [2.75, 3.05) is 12.4 Å². The van der Waals surface area contributed by atoms with Crippen molar-refractivity contribution < 1.29 is 9.90 Å². The molecular formula is C9H11ClN2O2S. The Morgan fingerprint density at radius 2 is 2.27 bits per heavy atom. The molecule has 1 rings (SSSR count). The van der Waals surface area contributed by atoms with E-state index in [4.69, 9.17) is 16.7 Å². The molecule has 0 aliphatic rings. The first-order valence-electron chi connectivity index (χ1n) is 4.42. The molecule has 0 fully saturated rings. The van der Waals surface area contributed by atoms with Crippen molar-refractivity contribution in [3.8, 4) is 0 Å². The predicted molar refractivity (Wildman–Crippen MR) is 59.6 cm³/mol. The number of rotatable bonds is 5. The number of carbonyl (C=O) groups excluding carboxylic acids is 1. The smallest absolute Gasteiger partial charge is 0.155 e. The van der Waals surface area contributed by atoms with Gasteiger partial charge < -0.3 is 5.11 Å². The van der Waals surface area contributed by atoms with Crippen LogP contribution in [0.1, 0.15) is 22.6 Å². The van der Waals surface area contributed by atoms with Gasteiger partial charge in [-0.3, -0.25) is 4.79 Å². The Bertz CT molecular complexity index is 360. The van der Waals surface area contributed by atoms with E-state index >= 15 is 0 Å². The fourth-order valence-electron chi connectivity index (χ4n) is 0.965. The van der Waals surface area contributed by atoms with E-state index in [9.17, 15) is 4.79 Å². The van der Waals surface area contributed by atoms with Crippen LogP contribution in [0.4, 0.5) is 0 Å². The molecule has 0 spiro atoms. The SMILES string of the molecule is Cc1nc(Cl)c(C=O)c(SCCCO)n1. The number of aliphatic hydroxyl groups is 1. The van der Waals surface area contributed by atoms with Gasteiger partial charge in [0.25, 0.3) is 0 Å². The van der Waals surface area contributed by atoms with Crippen LogP contribution in [-0.4, -0.2) is 33.7 Å². The lowest BCUT2D eigenvalue weighted by atomic mass is 10.4. The van der Waals surface area contributed by atoms with Gasteiger partial charge in [-0.2, -0.15) is 0 Å². The molecule has 0 radical (unpaired) electrons. The maximum absolute atomic E-state index is 10.8. The molecule has 0 saturated carbocycles. The van der Waals surface area contributed by atoms with Crippen molar-refractivity contribution in [3.05, 3.63) is 16.5 Å². The minimum Gasteiger partial charge on any atom is -0.396 e. The van der Waals surface area contributed by atoms with E-state index in [0.717, 1.165) is 0 Å². The molecule has 4 nitrogen and oxygen atoms in total. The lowest BCUT2D eigenvalue weighted by molar-refractivity contribution is 0.112. The van der Waals surface area contributed by atoms with Crippen LogP contribution in [0.3, 0.4) is 0 Å². The van der Waals surface area contributed by atoms with Crippen molar-refractivity contribution in [1.29, 1.82) is 0 Å². The Morgan fingerprint density at radius 1 is 1.53 bits per heavy atom. The van der Waals surface area contributed by atoms with Gasteiger partial charge in [0.1, 0.15) is 16.0 Å². The zero-order valence-corrected chi connectivity index (χ0v) is 9.81. The van der Waals surface area contributed by atoms with Gasteiger partial charge in [-0.05, 0) is 13.3 Å². The van der Waals surface area contributed by atoms with Gasteiger partial charge in [-0.25, -0.2) is 9.97 Å². The zero-order valence-electron chi connectivity index (χ0n) is 8.23. The second-order valence-corrected chi connectivity index (χ2v) is 4.27. The quantitative estimate of drug-likeness (QED) is 0.371. The summed E-state index contributed by atoms with van der Waals surface area (Å²) in [5.41, 5.74) is 0.324. The zero-order chi connectivity index (χ0) is 11.3. The van der Waals surface area contributed by atoms with E-state index in [1.165, 1.54) is 11.8 Å². The van der Waals surface area contributed by atoms with Crippen LogP contribution < -0.4 is 0 Å². The second kappa shape index (κ2) is 6.05. The van der Waals surface area contributed by atoms with Gasteiger partial charge in [0, 0.05) is 12.4 Å². The van der Waals surface area contributed by atoms with Crippen LogP contribution in [0, 0.1) is 6.92 Å². The Hall–Kier alpha value is -0.650. The molecule has 1 aromatic rings. The minimum absolute atomic E-state index is 0.126. The van der Waals surface area contributed by atoms with Crippen LogP contribution in [-0.2, 0) is 0 Å². The van der Waals surface area contributed by atoms with Crippen LogP contribution in [0.25, 0.3) is 0 Å². The summed E-state index contributed by atoms with van der Waals surface area (Å²) >= 11 is 7.20. The van der Waals surface area contributed by atoms with Crippen LogP contribution >= 0.6 is 23.4 Å². The van der Waals surface area contributed by atoms with Crippen molar-refractivity contribution in [1.82, 2.24) is 9.97 Å². The Balaban J connectivity index is 2.88. The summed E-state index contributed by atoms with van der Waals surface area (Å²) in [7, 11) is 0. The summed E-state index contributed by atoms with van der Waals surface area (Å²) in [5.74, 6) is 1.24. The average Bonchev–Trinajstić information content (AvgIpc) is 2.17. The third kappa shape index (κ3) is 3.44. The Labute approximate surface area is 97.1 Å². The highest BCUT2D eigenvalue weighted by Crippen LogP contribution is 2.24. The molecular weight excluding hydrogens is 236 g/mol. The molecule has 0 bridgehead atoms. The van der Waals surface area contributed by atoms with Crippen molar-refractivity contribution in [2.24, 2.45) is 0 Å². The number of aliphatic hydroxyl groups excluding tert-OH is 1. The molecule has 15 heavy (non-hydrogen) atoms. The number of halogens is 1. The predicted octanol–water partition coefficient (Wildman–Crippen LogP) is 1.73. The van der Waals surface area contributed by atoms with Crippen molar-refractivity contribution in [2.45, 2.75) is 18.4 Å². The molecule has 0 aliphatic heterocycles. The Morgan fingerprint density at radius 3 is 2.87 bits per heavy atom. The van der Waals surface area contributed by atoms with Gasteiger partial charge in [-0.15, -0.1) is 11.8 Å². The molecule has 0 atom stereocenters. The van der Waals surface area contributed by atoms with E-state index in [-0.39, 0.29) is 11.8 Å². The fraction of sp³-hybridized carbons (Fsp3) is 0.444. The van der Waals surface area contributed by atoms with Gasteiger partial charge >= 0.3 is 0 Å². The number of aryl methyl sites for hydroxylation is 1. The molecule has 0 unspecified atom stereocenters. The molecule has 1 aromatic heterocycles. The summed E-state index contributed by atoms with van der Waals surface area (Å²) in [4.78, 5) is 18.8. The number of nitrogens with zero attached hydrogens (tertiary/aromatic N) is 2. The molecule has 82 valence electrons. The van der Waals surface area contributed by atoms with Crippen molar-refractivity contribution >= 4 is 29.6 Å². The monoisotopic (exact) mass is 246 g/mol. The number of thioether (sulfide) groups is 1. The van der Waals surface area contributed by atoms with Gasteiger partial charge in [0.15, 0.2) is 6.29 Å². The summed E-state index contributed by atoms with van der Waals surface area (Å²) < 4.78 is 0. The van der Waals surface area contributed by atoms with Crippen LogP contribution in [0.15, 0.2) is 5.03 Å². The number of hydrogen-bond donors (Lipinski definition) is 1. The van der Waals surface area contributed by atoms with Gasteiger partial charge in [0.2, 0.25) is 0 Å². The first-order chi connectivity index (χ1) is 7.19. The number of aromatic nitrogens is 2. The molecule has 0 aromatic carbocycles. The lowest BCUT2D eigenvalue weighted by Crippen LogP contribution is -1.99. The second-order valence-electron chi connectivity index (χ2n) is 2.82. The third-order valence-electron chi connectivity index (χ3n) is 1.64. The lowest BCUT2D eigenvalue weighted by Gasteiger charge is -2.05. The number of aldehydes is 1. The highest BCUT2D eigenvalue weighted by atomic mass is 35.5. The average molecular weight is 247 g/mol. The molecule has 1 heterocycles. The Kier molecular flexibility index (Phi) is 5.01. The topological polar surface area (TPSA) is 63.1 Å². The van der Waals surface area contributed by atoms with Gasteiger partial charge in [-0.1, -0.05) is 11.6 Å². The maximum Gasteiger partial charge on any atom is 0.155 e. The number of carbonyl (C=O) groups is 1. The molecule has 1 N–H and O–H groups in total. The van der Waals surface area contributed by atoms with E-state index in [2.05, 4.69) is 9.97 Å². The third-order valence-corrected chi connectivity index (χ3v) is 3.00. The summed E-state index contributed by atoms with van der Waals surface area (Å²) in [6.07, 6.45) is 1.31. The first-order valence-corrected chi connectivity index (χ1v) is 5.78.